The standard InChI is InChI=1S/C10H13BrO3/c11-8-1-3-10(4-2-8)14-7-9(13)5-6-12/h1-4,9,12-13H,5-7H2. The fourth-order valence-electron chi connectivity index (χ4n) is 0.956. The molecule has 4 heteroatoms. The van der Waals surface area contributed by atoms with Crippen LogP contribution in [0.25, 0.3) is 0 Å². The van der Waals surface area contributed by atoms with Crippen LogP contribution in [-0.4, -0.2) is 29.5 Å². The molecule has 0 aliphatic heterocycles. The third-order valence-electron chi connectivity index (χ3n) is 1.72. The predicted octanol–water partition coefficient (Wildman–Crippen LogP) is 1.57. The molecular weight excluding hydrogens is 248 g/mol. The smallest absolute Gasteiger partial charge is 0.119 e. The Kier molecular flexibility index (Phi) is 4.93. The highest BCUT2D eigenvalue weighted by atomic mass is 79.9. The van der Waals surface area contributed by atoms with Gasteiger partial charge in [-0.2, -0.15) is 0 Å². The number of aliphatic hydroxyl groups is 2. The predicted molar refractivity (Wildman–Crippen MR) is 57.3 cm³/mol. The molecule has 0 fully saturated rings. The summed E-state index contributed by atoms with van der Waals surface area (Å²) in [4.78, 5) is 0. The number of halogens is 1. The SMILES string of the molecule is OCCC(O)COc1ccc(Br)cc1. The number of hydrogen-bond acceptors (Lipinski definition) is 3. The van der Waals surface area contributed by atoms with E-state index in [2.05, 4.69) is 15.9 Å². The van der Waals surface area contributed by atoms with E-state index in [4.69, 9.17) is 9.84 Å². The van der Waals surface area contributed by atoms with Crippen molar-refractivity contribution in [3.63, 3.8) is 0 Å². The lowest BCUT2D eigenvalue weighted by Crippen LogP contribution is -2.18. The highest BCUT2D eigenvalue weighted by Crippen LogP contribution is 2.16. The molecule has 14 heavy (non-hydrogen) atoms. The van der Waals surface area contributed by atoms with E-state index < -0.39 is 6.10 Å². The lowest BCUT2D eigenvalue weighted by atomic mass is 10.3. The Hall–Kier alpha value is -0.580. The van der Waals surface area contributed by atoms with Crippen molar-refractivity contribution in [3.05, 3.63) is 28.7 Å². The molecule has 2 N–H and O–H groups in total. The summed E-state index contributed by atoms with van der Waals surface area (Å²) < 4.78 is 6.28. The van der Waals surface area contributed by atoms with Crippen molar-refractivity contribution in [3.8, 4) is 5.75 Å². The fraction of sp³-hybridized carbons (Fsp3) is 0.400. The normalized spacial score (nSPS) is 12.5. The lowest BCUT2D eigenvalue weighted by molar-refractivity contribution is 0.0821. The van der Waals surface area contributed by atoms with E-state index in [0.717, 1.165) is 4.47 Å². The van der Waals surface area contributed by atoms with Gasteiger partial charge in [-0.15, -0.1) is 0 Å². The molecule has 0 aliphatic rings. The van der Waals surface area contributed by atoms with Gasteiger partial charge in [-0.3, -0.25) is 0 Å². The zero-order valence-electron chi connectivity index (χ0n) is 7.69. The van der Waals surface area contributed by atoms with E-state index >= 15 is 0 Å². The number of rotatable bonds is 5. The molecule has 0 amide bonds. The van der Waals surface area contributed by atoms with E-state index in [9.17, 15) is 5.11 Å². The van der Waals surface area contributed by atoms with Crippen LogP contribution in [0.15, 0.2) is 28.7 Å². The van der Waals surface area contributed by atoms with Gasteiger partial charge in [-0.1, -0.05) is 15.9 Å². The Bertz CT molecular complexity index is 261. The fourth-order valence-corrected chi connectivity index (χ4v) is 1.22. The first-order chi connectivity index (χ1) is 6.72. The van der Waals surface area contributed by atoms with Crippen LogP contribution >= 0.6 is 15.9 Å². The van der Waals surface area contributed by atoms with Gasteiger partial charge in [0.2, 0.25) is 0 Å². The van der Waals surface area contributed by atoms with Crippen LogP contribution in [0, 0.1) is 0 Å². The van der Waals surface area contributed by atoms with Crippen molar-refractivity contribution in [1.29, 1.82) is 0 Å². The molecule has 0 aromatic heterocycles. The van der Waals surface area contributed by atoms with E-state index in [0.29, 0.717) is 12.2 Å². The molecule has 1 atom stereocenters. The van der Waals surface area contributed by atoms with E-state index in [1.54, 1.807) is 0 Å². The summed E-state index contributed by atoms with van der Waals surface area (Å²) >= 11 is 3.31. The van der Waals surface area contributed by atoms with Crippen LogP contribution < -0.4 is 4.74 Å². The van der Waals surface area contributed by atoms with E-state index in [-0.39, 0.29) is 13.2 Å². The second-order valence-corrected chi connectivity index (χ2v) is 3.85. The Morgan fingerprint density at radius 2 is 1.93 bits per heavy atom. The molecule has 1 rings (SSSR count). The average molecular weight is 261 g/mol. The van der Waals surface area contributed by atoms with Gasteiger partial charge in [0.05, 0.1) is 6.10 Å². The molecular formula is C10H13BrO3. The van der Waals surface area contributed by atoms with Gasteiger partial charge in [0.1, 0.15) is 12.4 Å². The number of aliphatic hydroxyl groups excluding tert-OH is 2. The van der Waals surface area contributed by atoms with Crippen molar-refractivity contribution in [2.75, 3.05) is 13.2 Å². The van der Waals surface area contributed by atoms with Crippen molar-refractivity contribution in [2.24, 2.45) is 0 Å². The molecule has 1 unspecified atom stereocenters. The molecule has 0 aliphatic carbocycles. The van der Waals surface area contributed by atoms with Gasteiger partial charge >= 0.3 is 0 Å². The van der Waals surface area contributed by atoms with Crippen LogP contribution in [0.3, 0.4) is 0 Å². The molecule has 78 valence electrons. The Balaban J connectivity index is 2.34. The van der Waals surface area contributed by atoms with Crippen LogP contribution in [0.2, 0.25) is 0 Å². The monoisotopic (exact) mass is 260 g/mol. The summed E-state index contributed by atoms with van der Waals surface area (Å²) in [6.45, 7) is 0.188. The summed E-state index contributed by atoms with van der Waals surface area (Å²) in [7, 11) is 0. The van der Waals surface area contributed by atoms with Crippen molar-refractivity contribution in [1.82, 2.24) is 0 Å². The minimum Gasteiger partial charge on any atom is -0.491 e. The first-order valence-corrected chi connectivity index (χ1v) is 5.19. The van der Waals surface area contributed by atoms with E-state index in [1.807, 2.05) is 24.3 Å². The Morgan fingerprint density at radius 3 is 2.50 bits per heavy atom. The zero-order chi connectivity index (χ0) is 10.4. The first-order valence-electron chi connectivity index (χ1n) is 4.39. The highest BCUT2D eigenvalue weighted by molar-refractivity contribution is 9.10. The summed E-state index contributed by atoms with van der Waals surface area (Å²) in [6.07, 6.45) is -0.264. The summed E-state index contributed by atoms with van der Waals surface area (Å²) in [5.74, 6) is 0.713. The van der Waals surface area contributed by atoms with Crippen LogP contribution in [-0.2, 0) is 0 Å². The molecule has 0 saturated heterocycles. The molecule has 0 radical (unpaired) electrons. The molecule has 1 aromatic rings. The largest absolute Gasteiger partial charge is 0.491 e. The van der Waals surface area contributed by atoms with Gasteiger partial charge in [0.15, 0.2) is 0 Å². The number of benzene rings is 1. The topological polar surface area (TPSA) is 49.7 Å². The lowest BCUT2D eigenvalue weighted by Gasteiger charge is -2.10. The van der Waals surface area contributed by atoms with Gasteiger partial charge in [-0.05, 0) is 30.7 Å². The Labute approximate surface area is 91.5 Å². The maximum absolute atomic E-state index is 9.27. The van der Waals surface area contributed by atoms with Crippen LogP contribution in [0.5, 0.6) is 5.75 Å². The quantitative estimate of drug-likeness (QED) is 0.845. The van der Waals surface area contributed by atoms with Gasteiger partial charge < -0.3 is 14.9 Å². The van der Waals surface area contributed by atoms with Gasteiger partial charge in [-0.25, -0.2) is 0 Å². The molecule has 0 bridgehead atoms. The molecule has 1 aromatic carbocycles. The maximum atomic E-state index is 9.27. The highest BCUT2D eigenvalue weighted by Gasteiger charge is 2.03. The molecule has 0 heterocycles. The van der Waals surface area contributed by atoms with Crippen molar-refractivity contribution >= 4 is 15.9 Å². The number of hydrogen-bond donors (Lipinski definition) is 2. The summed E-state index contributed by atoms with van der Waals surface area (Å²) in [5, 5.41) is 17.8. The molecule has 0 saturated carbocycles. The van der Waals surface area contributed by atoms with Crippen LogP contribution in [0.4, 0.5) is 0 Å². The van der Waals surface area contributed by atoms with E-state index in [1.165, 1.54) is 0 Å². The second-order valence-electron chi connectivity index (χ2n) is 2.93. The summed E-state index contributed by atoms with van der Waals surface area (Å²) in [5.41, 5.74) is 0. The zero-order valence-corrected chi connectivity index (χ0v) is 9.27. The van der Waals surface area contributed by atoms with Crippen molar-refractivity contribution in [2.45, 2.75) is 12.5 Å². The van der Waals surface area contributed by atoms with Gasteiger partial charge in [0, 0.05) is 11.1 Å². The van der Waals surface area contributed by atoms with Gasteiger partial charge in [0.25, 0.3) is 0 Å². The third-order valence-corrected chi connectivity index (χ3v) is 2.25. The second kappa shape index (κ2) is 6.01. The Morgan fingerprint density at radius 1 is 1.29 bits per heavy atom. The first kappa shape index (κ1) is 11.5. The van der Waals surface area contributed by atoms with Crippen LogP contribution in [0.1, 0.15) is 6.42 Å². The molecule has 3 nitrogen and oxygen atoms in total. The molecule has 0 spiro atoms. The third kappa shape index (κ3) is 4.09. The summed E-state index contributed by atoms with van der Waals surface area (Å²) in [6, 6.07) is 7.37. The van der Waals surface area contributed by atoms with Crippen molar-refractivity contribution < 1.29 is 14.9 Å². The minimum atomic E-state index is -0.608. The average Bonchev–Trinajstić information content (AvgIpc) is 2.17. The number of ether oxygens (including phenoxy) is 1. The minimum absolute atomic E-state index is 0.0230. The maximum Gasteiger partial charge on any atom is 0.119 e.